The highest BCUT2D eigenvalue weighted by Crippen LogP contribution is 2.29. The van der Waals surface area contributed by atoms with Gasteiger partial charge in [-0.15, -0.1) is 0 Å². The first-order valence-electron chi connectivity index (χ1n) is 8.31. The third-order valence-corrected chi connectivity index (χ3v) is 4.28. The van der Waals surface area contributed by atoms with E-state index in [4.69, 9.17) is 4.74 Å². The molecule has 6 nitrogen and oxygen atoms in total. The van der Waals surface area contributed by atoms with Crippen molar-refractivity contribution < 1.29 is 19.1 Å². The maximum atomic E-state index is 12.5. The fourth-order valence-corrected chi connectivity index (χ4v) is 3.24. The number of aryl methyl sites for hydroxylation is 3. The largest absolute Gasteiger partial charge is 0.452 e. The van der Waals surface area contributed by atoms with E-state index < -0.39 is 18.5 Å². The summed E-state index contributed by atoms with van der Waals surface area (Å²) in [5.74, 6) is -1.26. The van der Waals surface area contributed by atoms with E-state index in [1.165, 1.54) is 4.90 Å². The van der Waals surface area contributed by atoms with Crippen molar-refractivity contribution in [2.75, 3.05) is 23.4 Å². The van der Waals surface area contributed by atoms with E-state index in [2.05, 4.69) is 5.32 Å². The van der Waals surface area contributed by atoms with Gasteiger partial charge in [0.05, 0.1) is 16.9 Å². The van der Waals surface area contributed by atoms with Crippen molar-refractivity contribution in [3.63, 3.8) is 0 Å². The zero-order valence-corrected chi connectivity index (χ0v) is 15.0. The molecule has 2 amide bonds. The standard InChI is InChI=1S/C20H20N2O4/c1-12-8-13(2)19(14(3)9-12)20(25)26-11-18(24)22-10-17(23)21-15-6-4-5-7-16(15)22/h4-9H,10-11H2,1-3H3,(H,21,23). The van der Waals surface area contributed by atoms with Crippen LogP contribution in [0.4, 0.5) is 11.4 Å². The summed E-state index contributed by atoms with van der Waals surface area (Å²) in [7, 11) is 0. The van der Waals surface area contributed by atoms with Crippen LogP contribution in [0.5, 0.6) is 0 Å². The zero-order valence-electron chi connectivity index (χ0n) is 15.0. The maximum Gasteiger partial charge on any atom is 0.339 e. The third-order valence-electron chi connectivity index (χ3n) is 4.28. The van der Waals surface area contributed by atoms with Crippen molar-refractivity contribution in [1.29, 1.82) is 0 Å². The van der Waals surface area contributed by atoms with Gasteiger partial charge in [0.25, 0.3) is 5.91 Å². The molecule has 2 aromatic rings. The molecule has 1 heterocycles. The number of hydrogen-bond acceptors (Lipinski definition) is 4. The summed E-state index contributed by atoms with van der Waals surface area (Å²) in [5.41, 5.74) is 4.30. The molecule has 0 fully saturated rings. The third kappa shape index (κ3) is 3.44. The van der Waals surface area contributed by atoms with E-state index >= 15 is 0 Å². The Bertz CT molecular complexity index is 881. The molecular formula is C20H20N2O4. The Hall–Kier alpha value is -3.15. The Kier molecular flexibility index (Phi) is 4.75. The van der Waals surface area contributed by atoms with Gasteiger partial charge in [0.2, 0.25) is 5.91 Å². The van der Waals surface area contributed by atoms with Crippen molar-refractivity contribution in [1.82, 2.24) is 0 Å². The number of anilines is 2. The summed E-state index contributed by atoms with van der Waals surface area (Å²) in [5, 5.41) is 2.72. The predicted octanol–water partition coefficient (Wildman–Crippen LogP) is 2.75. The number of para-hydroxylation sites is 2. The normalized spacial score (nSPS) is 13.0. The lowest BCUT2D eigenvalue weighted by molar-refractivity contribution is -0.124. The van der Waals surface area contributed by atoms with E-state index in [1.54, 1.807) is 24.3 Å². The molecule has 0 aromatic heterocycles. The summed E-state index contributed by atoms with van der Waals surface area (Å²) >= 11 is 0. The van der Waals surface area contributed by atoms with Gasteiger partial charge in [0, 0.05) is 0 Å². The molecule has 2 aromatic carbocycles. The summed E-state index contributed by atoms with van der Waals surface area (Å²) in [6.07, 6.45) is 0. The lowest BCUT2D eigenvalue weighted by Crippen LogP contribution is -2.44. The lowest BCUT2D eigenvalue weighted by Gasteiger charge is -2.28. The molecule has 0 saturated carbocycles. The Labute approximate surface area is 151 Å². The van der Waals surface area contributed by atoms with Gasteiger partial charge in [-0.05, 0) is 44.0 Å². The van der Waals surface area contributed by atoms with E-state index in [0.29, 0.717) is 16.9 Å². The van der Waals surface area contributed by atoms with Crippen molar-refractivity contribution >= 4 is 29.2 Å². The monoisotopic (exact) mass is 352 g/mol. The van der Waals surface area contributed by atoms with Crippen LogP contribution >= 0.6 is 0 Å². The number of rotatable bonds is 3. The summed E-state index contributed by atoms with van der Waals surface area (Å²) in [4.78, 5) is 38.1. The molecule has 26 heavy (non-hydrogen) atoms. The van der Waals surface area contributed by atoms with Crippen molar-refractivity contribution in [3.05, 3.63) is 58.7 Å². The van der Waals surface area contributed by atoms with Gasteiger partial charge in [-0.25, -0.2) is 4.79 Å². The van der Waals surface area contributed by atoms with Gasteiger partial charge in [0.1, 0.15) is 6.54 Å². The van der Waals surface area contributed by atoms with Gasteiger partial charge < -0.3 is 10.1 Å². The van der Waals surface area contributed by atoms with Gasteiger partial charge >= 0.3 is 5.97 Å². The number of ether oxygens (including phenoxy) is 1. The average molecular weight is 352 g/mol. The first-order valence-corrected chi connectivity index (χ1v) is 8.31. The average Bonchev–Trinajstić information content (AvgIpc) is 2.58. The first-order chi connectivity index (χ1) is 12.4. The molecule has 0 spiro atoms. The summed E-state index contributed by atoms with van der Waals surface area (Å²) in [6.45, 7) is 5.11. The van der Waals surface area contributed by atoms with Gasteiger partial charge in [-0.1, -0.05) is 29.8 Å². The van der Waals surface area contributed by atoms with Crippen LogP contribution in [0.1, 0.15) is 27.0 Å². The first kappa shape index (κ1) is 17.7. The van der Waals surface area contributed by atoms with Crippen molar-refractivity contribution in [3.8, 4) is 0 Å². The van der Waals surface area contributed by atoms with E-state index in [0.717, 1.165) is 16.7 Å². The molecule has 0 atom stereocenters. The molecule has 6 heteroatoms. The molecule has 0 bridgehead atoms. The highest BCUT2D eigenvalue weighted by atomic mass is 16.5. The minimum Gasteiger partial charge on any atom is -0.452 e. The number of fused-ring (bicyclic) bond motifs is 1. The van der Waals surface area contributed by atoms with Crippen LogP contribution in [0.25, 0.3) is 0 Å². The summed E-state index contributed by atoms with van der Waals surface area (Å²) < 4.78 is 5.23. The molecule has 134 valence electrons. The van der Waals surface area contributed by atoms with Crippen LogP contribution in [0.15, 0.2) is 36.4 Å². The van der Waals surface area contributed by atoms with Crippen molar-refractivity contribution in [2.45, 2.75) is 20.8 Å². The lowest BCUT2D eigenvalue weighted by atomic mass is 10.00. The smallest absolute Gasteiger partial charge is 0.339 e. The van der Waals surface area contributed by atoms with Crippen LogP contribution in [0.2, 0.25) is 0 Å². The van der Waals surface area contributed by atoms with Crippen LogP contribution in [-0.4, -0.2) is 30.9 Å². The topological polar surface area (TPSA) is 75.7 Å². The fourth-order valence-electron chi connectivity index (χ4n) is 3.24. The van der Waals surface area contributed by atoms with Crippen LogP contribution in [0.3, 0.4) is 0 Å². The molecule has 1 N–H and O–H groups in total. The molecular weight excluding hydrogens is 332 g/mol. The Morgan fingerprint density at radius 2 is 1.77 bits per heavy atom. The number of carbonyl (C=O) groups is 3. The molecule has 1 aliphatic rings. The predicted molar refractivity (Wildman–Crippen MR) is 98.4 cm³/mol. The number of benzene rings is 2. The SMILES string of the molecule is Cc1cc(C)c(C(=O)OCC(=O)N2CC(=O)Nc3ccccc32)c(C)c1. The second-order valence-corrected chi connectivity index (χ2v) is 6.40. The Morgan fingerprint density at radius 1 is 1.12 bits per heavy atom. The number of hydrogen-bond donors (Lipinski definition) is 1. The number of nitrogens with one attached hydrogen (secondary N) is 1. The summed E-state index contributed by atoms with van der Waals surface area (Å²) in [6, 6.07) is 10.8. The number of amides is 2. The minimum atomic E-state index is -0.539. The van der Waals surface area contributed by atoms with E-state index in [-0.39, 0.29) is 12.5 Å². The maximum absolute atomic E-state index is 12.5. The quantitative estimate of drug-likeness (QED) is 0.862. The van der Waals surface area contributed by atoms with Gasteiger partial charge in [-0.2, -0.15) is 0 Å². The van der Waals surface area contributed by atoms with Crippen LogP contribution < -0.4 is 10.2 Å². The van der Waals surface area contributed by atoms with Gasteiger partial charge in [-0.3, -0.25) is 14.5 Å². The molecule has 0 radical (unpaired) electrons. The van der Waals surface area contributed by atoms with E-state index in [1.807, 2.05) is 32.9 Å². The molecule has 1 aliphatic heterocycles. The van der Waals surface area contributed by atoms with Crippen molar-refractivity contribution in [2.24, 2.45) is 0 Å². The number of esters is 1. The zero-order chi connectivity index (χ0) is 18.8. The number of carbonyl (C=O) groups excluding carboxylic acids is 3. The van der Waals surface area contributed by atoms with Crippen LogP contribution in [-0.2, 0) is 14.3 Å². The van der Waals surface area contributed by atoms with Gasteiger partial charge in [0.15, 0.2) is 6.61 Å². The Balaban J connectivity index is 1.74. The minimum absolute atomic E-state index is 0.101. The molecule has 3 rings (SSSR count). The second-order valence-electron chi connectivity index (χ2n) is 6.40. The molecule has 0 saturated heterocycles. The highest BCUT2D eigenvalue weighted by molar-refractivity contribution is 6.10. The van der Waals surface area contributed by atoms with E-state index in [9.17, 15) is 14.4 Å². The second kappa shape index (κ2) is 7.00. The number of nitrogens with zero attached hydrogens (tertiary/aromatic N) is 1. The molecule has 0 aliphatic carbocycles. The Morgan fingerprint density at radius 3 is 2.46 bits per heavy atom. The van der Waals surface area contributed by atoms with Crippen LogP contribution in [0, 0.1) is 20.8 Å². The fraction of sp³-hybridized carbons (Fsp3) is 0.250. The highest BCUT2D eigenvalue weighted by Gasteiger charge is 2.27. The molecule has 0 unspecified atom stereocenters.